The molecule has 1 aromatic carbocycles. The number of aliphatic hydroxyl groups is 1. The number of aromatic nitrogens is 1. The lowest BCUT2D eigenvalue weighted by atomic mass is 9.96. The van der Waals surface area contributed by atoms with Crippen molar-refractivity contribution in [2.45, 2.75) is 24.9 Å². The molecule has 0 radical (unpaired) electrons. The second-order valence-corrected chi connectivity index (χ2v) is 6.72. The first-order chi connectivity index (χ1) is 13.5. The molecule has 0 aliphatic carbocycles. The zero-order valence-corrected chi connectivity index (χ0v) is 16.1. The summed E-state index contributed by atoms with van der Waals surface area (Å²) < 4.78 is 5.32. The third-order valence-electron chi connectivity index (χ3n) is 3.77. The lowest BCUT2D eigenvalue weighted by Gasteiger charge is -2.25. The van der Waals surface area contributed by atoms with E-state index >= 15 is 0 Å². The zero-order valence-electron chi connectivity index (χ0n) is 16.1. The Labute approximate surface area is 167 Å². The number of carboxylic acids is 3. The summed E-state index contributed by atoms with van der Waals surface area (Å²) in [6.07, 6.45) is -1.46. The van der Waals surface area contributed by atoms with Crippen molar-refractivity contribution in [3.05, 3.63) is 42.1 Å². The summed E-state index contributed by atoms with van der Waals surface area (Å²) in [6, 6.07) is 12.1. The standard InChI is InChI=1S/C13H16N2O.C6H8O7/c1-15(2)9-8-12-10-13(16-14-12)11-6-4-3-5-7-11;7-3(8)1-6(13,5(11)12)2-4(9)10/h3-7,10H,8-9H2,1-2H3;13H,1-2H2,(H,7,8)(H,9,10)(H,11,12). The van der Waals surface area contributed by atoms with Crippen LogP contribution in [0.5, 0.6) is 0 Å². The minimum Gasteiger partial charge on any atom is -0.547 e. The summed E-state index contributed by atoms with van der Waals surface area (Å²) >= 11 is 0. The predicted octanol–water partition coefficient (Wildman–Crippen LogP) is -1.55. The van der Waals surface area contributed by atoms with Crippen LogP contribution in [0.4, 0.5) is 0 Å². The third-order valence-corrected chi connectivity index (χ3v) is 3.77. The van der Waals surface area contributed by atoms with Gasteiger partial charge in [0.15, 0.2) is 5.76 Å². The Hall–Kier alpha value is -3.24. The highest BCUT2D eigenvalue weighted by molar-refractivity contribution is 5.86. The van der Waals surface area contributed by atoms with Crippen molar-refractivity contribution >= 4 is 17.9 Å². The summed E-state index contributed by atoms with van der Waals surface area (Å²) in [5.41, 5.74) is -0.740. The van der Waals surface area contributed by atoms with Gasteiger partial charge in [0.05, 0.1) is 45.1 Å². The van der Waals surface area contributed by atoms with Crippen LogP contribution in [0.1, 0.15) is 18.5 Å². The van der Waals surface area contributed by atoms with Crippen LogP contribution < -0.4 is 10.0 Å². The van der Waals surface area contributed by atoms with E-state index in [1.807, 2.05) is 36.4 Å². The van der Waals surface area contributed by atoms with Gasteiger partial charge >= 0.3 is 11.9 Å². The Morgan fingerprint density at radius 3 is 2.10 bits per heavy atom. The van der Waals surface area contributed by atoms with Gasteiger partial charge in [-0.1, -0.05) is 35.5 Å². The number of carbonyl (C=O) groups excluding carboxylic acids is 1. The highest BCUT2D eigenvalue weighted by atomic mass is 16.5. The van der Waals surface area contributed by atoms with Gasteiger partial charge in [-0.2, -0.15) is 0 Å². The first-order valence-electron chi connectivity index (χ1n) is 8.71. The molecule has 0 spiro atoms. The van der Waals surface area contributed by atoms with Crippen LogP contribution >= 0.6 is 0 Å². The topological polar surface area (TPSA) is 165 Å². The molecular weight excluding hydrogens is 384 g/mol. The lowest BCUT2D eigenvalue weighted by molar-refractivity contribution is -0.858. The normalized spacial score (nSPS) is 10.9. The van der Waals surface area contributed by atoms with Gasteiger partial charge < -0.3 is 34.6 Å². The molecule has 29 heavy (non-hydrogen) atoms. The minimum absolute atomic E-state index is 0.851. The van der Waals surface area contributed by atoms with Crippen LogP contribution in [-0.4, -0.2) is 64.6 Å². The number of carbonyl (C=O) groups is 3. The van der Waals surface area contributed by atoms with E-state index in [9.17, 15) is 19.5 Å². The summed E-state index contributed by atoms with van der Waals surface area (Å²) in [4.78, 5) is 31.7. The zero-order chi connectivity index (χ0) is 22.0. The SMILES string of the molecule is C[NH+](C)CCc1cc(-c2ccccc2)on1.O=C(O)CC(O)(CC(=O)O)C(=O)[O-]. The highest BCUT2D eigenvalue weighted by Crippen LogP contribution is 2.19. The molecule has 0 unspecified atom stereocenters. The second-order valence-electron chi connectivity index (χ2n) is 6.72. The monoisotopic (exact) mass is 408 g/mol. The lowest BCUT2D eigenvalue weighted by Crippen LogP contribution is -3.06. The smallest absolute Gasteiger partial charge is 0.306 e. The molecule has 0 saturated heterocycles. The van der Waals surface area contributed by atoms with Crippen LogP contribution in [0, 0.1) is 0 Å². The number of nitrogens with one attached hydrogen (secondary N) is 1. The molecule has 2 aromatic rings. The van der Waals surface area contributed by atoms with E-state index in [1.165, 1.54) is 4.90 Å². The van der Waals surface area contributed by atoms with E-state index in [-0.39, 0.29) is 0 Å². The van der Waals surface area contributed by atoms with E-state index in [4.69, 9.17) is 19.8 Å². The summed E-state index contributed by atoms with van der Waals surface area (Å²) in [7, 11) is 4.27. The number of hydrogen-bond acceptors (Lipinski definition) is 7. The van der Waals surface area contributed by atoms with Gasteiger partial charge in [0, 0.05) is 18.1 Å². The minimum atomic E-state index is -2.85. The van der Waals surface area contributed by atoms with Gasteiger partial charge in [-0.25, -0.2) is 0 Å². The molecule has 0 atom stereocenters. The van der Waals surface area contributed by atoms with Crippen molar-refractivity contribution < 1.29 is 44.2 Å². The van der Waals surface area contributed by atoms with Crippen molar-refractivity contribution in [1.29, 1.82) is 0 Å². The number of carboxylic acid groups (broad SMARTS) is 3. The number of hydrogen-bond donors (Lipinski definition) is 4. The number of likely N-dealkylation sites (N-methyl/N-ethyl adjacent to an activating group) is 1. The van der Waals surface area contributed by atoms with E-state index in [2.05, 4.69) is 19.3 Å². The van der Waals surface area contributed by atoms with Crippen molar-refractivity contribution in [1.82, 2.24) is 5.16 Å². The van der Waals surface area contributed by atoms with Crippen LogP contribution in [-0.2, 0) is 20.8 Å². The van der Waals surface area contributed by atoms with E-state index in [1.54, 1.807) is 0 Å². The molecule has 4 N–H and O–H groups in total. The average molecular weight is 408 g/mol. The fourth-order valence-corrected chi connectivity index (χ4v) is 2.25. The van der Waals surface area contributed by atoms with Gasteiger partial charge in [-0.15, -0.1) is 0 Å². The molecular formula is C19H24N2O8. The maximum atomic E-state index is 10.2. The van der Waals surface area contributed by atoms with Crippen molar-refractivity contribution in [3.8, 4) is 11.3 Å². The van der Waals surface area contributed by atoms with E-state index < -0.39 is 36.4 Å². The quantitative estimate of drug-likeness (QED) is 0.384. The van der Waals surface area contributed by atoms with E-state index in [0.717, 1.165) is 30.0 Å². The number of benzene rings is 1. The molecule has 10 nitrogen and oxygen atoms in total. The average Bonchev–Trinajstić information content (AvgIpc) is 3.09. The van der Waals surface area contributed by atoms with Crippen molar-refractivity contribution in [2.24, 2.45) is 0 Å². The molecule has 0 fully saturated rings. The molecule has 0 saturated carbocycles. The number of aliphatic carboxylic acids is 3. The Kier molecular flexibility index (Phi) is 8.97. The predicted molar refractivity (Wildman–Crippen MR) is 97.8 cm³/mol. The maximum absolute atomic E-state index is 10.2. The first kappa shape index (κ1) is 23.8. The van der Waals surface area contributed by atoms with Crippen LogP contribution in [0.3, 0.4) is 0 Å². The molecule has 0 aliphatic rings. The molecule has 0 bridgehead atoms. The molecule has 10 heteroatoms. The Balaban J connectivity index is 0.000000298. The summed E-state index contributed by atoms with van der Waals surface area (Å²) in [6.45, 7) is 1.07. The van der Waals surface area contributed by atoms with Gasteiger partial charge in [0.25, 0.3) is 0 Å². The van der Waals surface area contributed by atoms with Gasteiger partial charge in [0.1, 0.15) is 5.60 Å². The van der Waals surface area contributed by atoms with Gasteiger partial charge in [0.2, 0.25) is 0 Å². The summed E-state index contributed by atoms with van der Waals surface area (Å²) in [5.74, 6) is -4.50. The largest absolute Gasteiger partial charge is 0.547 e. The van der Waals surface area contributed by atoms with Gasteiger partial charge in [-0.3, -0.25) is 9.59 Å². The van der Waals surface area contributed by atoms with E-state index in [0.29, 0.717) is 0 Å². The molecule has 1 heterocycles. The molecule has 158 valence electrons. The third kappa shape index (κ3) is 8.54. The Morgan fingerprint density at radius 2 is 1.66 bits per heavy atom. The first-order valence-corrected chi connectivity index (χ1v) is 8.71. The van der Waals surface area contributed by atoms with Gasteiger partial charge in [-0.05, 0) is 0 Å². The van der Waals surface area contributed by atoms with Crippen LogP contribution in [0.15, 0.2) is 40.9 Å². The molecule has 0 aliphatic heterocycles. The highest BCUT2D eigenvalue weighted by Gasteiger charge is 2.34. The van der Waals surface area contributed by atoms with Crippen LogP contribution in [0.2, 0.25) is 0 Å². The Bertz CT molecular complexity index is 801. The number of nitrogens with zero attached hydrogens (tertiary/aromatic N) is 1. The summed E-state index contributed by atoms with van der Waals surface area (Å²) in [5, 5.41) is 39.6. The fraction of sp³-hybridized carbons (Fsp3) is 0.368. The van der Waals surface area contributed by atoms with Crippen molar-refractivity contribution in [2.75, 3.05) is 20.6 Å². The van der Waals surface area contributed by atoms with Crippen LogP contribution in [0.25, 0.3) is 11.3 Å². The fourth-order valence-electron chi connectivity index (χ4n) is 2.25. The number of quaternary nitrogens is 1. The molecule has 0 amide bonds. The van der Waals surface area contributed by atoms with Crippen molar-refractivity contribution in [3.63, 3.8) is 0 Å². The number of rotatable bonds is 9. The molecule has 1 aromatic heterocycles. The Morgan fingerprint density at radius 1 is 1.10 bits per heavy atom. The maximum Gasteiger partial charge on any atom is 0.306 e. The second kappa shape index (κ2) is 10.9. The molecule has 2 rings (SSSR count).